The van der Waals surface area contributed by atoms with E-state index in [1.54, 1.807) is 0 Å². The molecule has 0 bridgehead atoms. The number of hydrogen-bond donors (Lipinski definition) is 2. The number of hydrogen-bond acceptors (Lipinski definition) is 3. The van der Waals surface area contributed by atoms with Crippen LogP contribution >= 0.6 is 0 Å². The van der Waals surface area contributed by atoms with Crippen LogP contribution in [0.5, 0.6) is 0 Å². The number of aromatic nitrogens is 1. The standard InChI is InChI=1S/C12H16N2O2/c1-16-12(15)10(13)6-8-7-14-11-5-3-2-4-9(8)11/h3,5,7,10,14H,2,4,6,13H2,1H3. The Hall–Kier alpha value is -1.55. The number of nitrogens with one attached hydrogen (secondary N) is 1. The Labute approximate surface area is 94.5 Å². The van der Waals surface area contributed by atoms with Gasteiger partial charge in [-0.05, 0) is 30.0 Å². The highest BCUT2D eigenvalue weighted by molar-refractivity contribution is 5.76. The van der Waals surface area contributed by atoms with Gasteiger partial charge in [0.2, 0.25) is 0 Å². The van der Waals surface area contributed by atoms with Crippen molar-refractivity contribution in [1.82, 2.24) is 4.98 Å². The van der Waals surface area contributed by atoms with Crippen molar-refractivity contribution in [2.45, 2.75) is 25.3 Å². The van der Waals surface area contributed by atoms with Crippen molar-refractivity contribution in [3.8, 4) is 0 Å². The summed E-state index contributed by atoms with van der Waals surface area (Å²) in [7, 11) is 1.36. The van der Waals surface area contributed by atoms with Gasteiger partial charge in [0.05, 0.1) is 7.11 Å². The Morgan fingerprint density at radius 1 is 1.69 bits per heavy atom. The van der Waals surface area contributed by atoms with Crippen molar-refractivity contribution >= 4 is 12.0 Å². The maximum atomic E-state index is 11.2. The third-order valence-electron chi connectivity index (χ3n) is 2.90. The Balaban J connectivity index is 2.13. The molecule has 1 aromatic rings. The van der Waals surface area contributed by atoms with E-state index in [1.807, 2.05) is 6.20 Å². The Morgan fingerprint density at radius 3 is 3.25 bits per heavy atom. The molecule has 1 unspecified atom stereocenters. The molecule has 1 atom stereocenters. The summed E-state index contributed by atoms with van der Waals surface area (Å²) in [6.07, 6.45) is 8.74. The number of carbonyl (C=O) groups excluding carboxylic acids is 1. The summed E-state index contributed by atoms with van der Waals surface area (Å²) in [5.41, 5.74) is 9.28. The number of allylic oxidation sites excluding steroid dienone is 1. The maximum Gasteiger partial charge on any atom is 0.322 e. The van der Waals surface area contributed by atoms with E-state index in [0.29, 0.717) is 6.42 Å². The Kier molecular flexibility index (Phi) is 3.10. The van der Waals surface area contributed by atoms with E-state index in [4.69, 9.17) is 5.73 Å². The van der Waals surface area contributed by atoms with Crippen molar-refractivity contribution in [2.24, 2.45) is 5.73 Å². The molecule has 0 aromatic carbocycles. The topological polar surface area (TPSA) is 68.1 Å². The number of methoxy groups -OCH3 is 1. The third-order valence-corrected chi connectivity index (χ3v) is 2.90. The second-order valence-electron chi connectivity index (χ2n) is 3.98. The monoisotopic (exact) mass is 220 g/mol. The molecule has 1 aliphatic carbocycles. The molecule has 1 aliphatic rings. The first-order valence-electron chi connectivity index (χ1n) is 5.41. The average molecular weight is 220 g/mol. The highest BCUT2D eigenvalue weighted by atomic mass is 16.5. The van der Waals surface area contributed by atoms with Crippen molar-refractivity contribution in [1.29, 1.82) is 0 Å². The first kappa shape index (κ1) is 11.0. The maximum absolute atomic E-state index is 11.2. The van der Waals surface area contributed by atoms with Crippen LogP contribution in [0.15, 0.2) is 12.3 Å². The minimum Gasteiger partial charge on any atom is -0.468 e. The molecule has 0 radical (unpaired) electrons. The normalized spacial score (nSPS) is 15.6. The van der Waals surface area contributed by atoms with Gasteiger partial charge >= 0.3 is 5.97 Å². The number of aromatic amines is 1. The number of H-pyrrole nitrogens is 1. The van der Waals surface area contributed by atoms with Gasteiger partial charge in [0, 0.05) is 18.3 Å². The highest BCUT2D eigenvalue weighted by Crippen LogP contribution is 2.23. The highest BCUT2D eigenvalue weighted by Gasteiger charge is 2.18. The zero-order valence-electron chi connectivity index (χ0n) is 9.32. The van der Waals surface area contributed by atoms with Gasteiger partial charge in [-0.1, -0.05) is 6.08 Å². The molecule has 2 rings (SSSR count). The van der Waals surface area contributed by atoms with Crippen LogP contribution in [0.2, 0.25) is 0 Å². The summed E-state index contributed by atoms with van der Waals surface area (Å²) in [6, 6.07) is -0.573. The second kappa shape index (κ2) is 4.53. The van der Waals surface area contributed by atoms with Gasteiger partial charge in [0.1, 0.15) is 6.04 Å². The van der Waals surface area contributed by atoms with E-state index in [2.05, 4.69) is 21.9 Å². The molecule has 3 N–H and O–H groups in total. The van der Waals surface area contributed by atoms with Gasteiger partial charge in [0.25, 0.3) is 0 Å². The fourth-order valence-electron chi connectivity index (χ4n) is 2.04. The molecule has 0 fully saturated rings. The predicted molar refractivity (Wildman–Crippen MR) is 61.8 cm³/mol. The minimum atomic E-state index is -0.573. The molecule has 1 aromatic heterocycles. The average Bonchev–Trinajstić information content (AvgIpc) is 2.72. The molecule has 0 saturated heterocycles. The van der Waals surface area contributed by atoms with Crippen molar-refractivity contribution in [3.05, 3.63) is 29.1 Å². The first-order valence-corrected chi connectivity index (χ1v) is 5.41. The van der Waals surface area contributed by atoms with E-state index >= 15 is 0 Å². The molecule has 0 amide bonds. The van der Waals surface area contributed by atoms with Gasteiger partial charge in [-0.25, -0.2) is 0 Å². The molecule has 86 valence electrons. The fourth-order valence-corrected chi connectivity index (χ4v) is 2.04. The quantitative estimate of drug-likeness (QED) is 0.747. The van der Waals surface area contributed by atoms with Crippen molar-refractivity contribution < 1.29 is 9.53 Å². The second-order valence-corrected chi connectivity index (χ2v) is 3.98. The van der Waals surface area contributed by atoms with Crippen LogP contribution in [0.4, 0.5) is 0 Å². The van der Waals surface area contributed by atoms with Crippen LogP contribution < -0.4 is 5.73 Å². The first-order chi connectivity index (χ1) is 7.72. The van der Waals surface area contributed by atoms with Crippen LogP contribution in [-0.2, 0) is 22.4 Å². The lowest BCUT2D eigenvalue weighted by Crippen LogP contribution is -2.33. The number of carbonyl (C=O) groups is 1. The Bertz CT molecular complexity index is 421. The summed E-state index contributed by atoms with van der Waals surface area (Å²) >= 11 is 0. The van der Waals surface area contributed by atoms with Crippen LogP contribution in [0.3, 0.4) is 0 Å². The molecule has 0 aliphatic heterocycles. The summed E-state index contributed by atoms with van der Waals surface area (Å²) in [5.74, 6) is -0.360. The summed E-state index contributed by atoms with van der Waals surface area (Å²) in [4.78, 5) is 14.4. The molecule has 4 heteroatoms. The number of ether oxygens (including phenoxy) is 1. The number of nitrogens with two attached hydrogens (primary N) is 1. The molecule has 0 saturated carbocycles. The number of esters is 1. The van der Waals surface area contributed by atoms with Crippen molar-refractivity contribution in [3.63, 3.8) is 0 Å². The lowest BCUT2D eigenvalue weighted by Gasteiger charge is -2.11. The van der Waals surface area contributed by atoms with Gasteiger partial charge in [-0.3, -0.25) is 4.79 Å². The SMILES string of the molecule is COC(=O)C(N)Cc1c[nH]c2c1CCC=C2. The number of rotatable bonds is 3. The lowest BCUT2D eigenvalue weighted by atomic mass is 9.97. The van der Waals surface area contributed by atoms with Gasteiger partial charge < -0.3 is 15.5 Å². The lowest BCUT2D eigenvalue weighted by molar-refractivity contribution is -0.142. The van der Waals surface area contributed by atoms with Crippen LogP contribution in [0.1, 0.15) is 23.2 Å². The molecular weight excluding hydrogens is 204 g/mol. The number of fused-ring (bicyclic) bond motifs is 1. The van der Waals surface area contributed by atoms with E-state index in [-0.39, 0.29) is 5.97 Å². The predicted octanol–water partition coefficient (Wildman–Crippen LogP) is 1.02. The largest absolute Gasteiger partial charge is 0.468 e. The summed E-state index contributed by atoms with van der Waals surface area (Å²) in [6.45, 7) is 0. The van der Waals surface area contributed by atoms with Gasteiger partial charge in [0.15, 0.2) is 0 Å². The summed E-state index contributed by atoms with van der Waals surface area (Å²) in [5, 5.41) is 0. The molecule has 16 heavy (non-hydrogen) atoms. The minimum absolute atomic E-state index is 0.360. The fraction of sp³-hybridized carbons (Fsp3) is 0.417. The summed E-state index contributed by atoms with van der Waals surface area (Å²) < 4.78 is 4.62. The third kappa shape index (κ3) is 2.02. The zero-order valence-corrected chi connectivity index (χ0v) is 9.32. The van der Waals surface area contributed by atoms with E-state index in [1.165, 1.54) is 12.7 Å². The molecule has 1 heterocycles. The molecular formula is C12H16N2O2. The van der Waals surface area contributed by atoms with Crippen LogP contribution in [0, 0.1) is 0 Å². The van der Waals surface area contributed by atoms with Gasteiger partial charge in [-0.15, -0.1) is 0 Å². The van der Waals surface area contributed by atoms with Crippen LogP contribution in [0.25, 0.3) is 6.08 Å². The van der Waals surface area contributed by atoms with Gasteiger partial charge in [-0.2, -0.15) is 0 Å². The zero-order chi connectivity index (χ0) is 11.5. The Morgan fingerprint density at radius 2 is 2.50 bits per heavy atom. The van der Waals surface area contributed by atoms with Crippen molar-refractivity contribution in [2.75, 3.05) is 7.11 Å². The van der Waals surface area contributed by atoms with E-state index < -0.39 is 6.04 Å². The van der Waals surface area contributed by atoms with Crippen LogP contribution in [-0.4, -0.2) is 24.1 Å². The smallest absolute Gasteiger partial charge is 0.322 e. The van der Waals surface area contributed by atoms with E-state index in [9.17, 15) is 4.79 Å². The molecule has 0 spiro atoms. The molecule has 4 nitrogen and oxygen atoms in total. The van der Waals surface area contributed by atoms with E-state index in [0.717, 1.165) is 24.1 Å².